The molecule has 0 saturated carbocycles. The van der Waals surface area contributed by atoms with Crippen LogP contribution in [0, 0.1) is 13.8 Å². The Bertz CT molecular complexity index is 941. The predicted molar refractivity (Wildman–Crippen MR) is 149 cm³/mol. The van der Waals surface area contributed by atoms with Gasteiger partial charge in [0.05, 0.1) is 0 Å². The van der Waals surface area contributed by atoms with Crippen molar-refractivity contribution in [3.05, 3.63) is 34.9 Å². The van der Waals surface area contributed by atoms with Gasteiger partial charge in [0, 0.05) is 19.5 Å². The van der Waals surface area contributed by atoms with Gasteiger partial charge in [0.15, 0.2) is 0 Å². The Kier molecular flexibility index (Phi) is 13.9. The number of carbonyl (C=O) groups excluding carboxylic acids is 4. The number of nitrogens with zero attached hydrogens (tertiary/aromatic N) is 1. The molecule has 0 aliphatic heterocycles. The van der Waals surface area contributed by atoms with E-state index >= 15 is 0 Å². The molecule has 0 aliphatic rings. The van der Waals surface area contributed by atoms with Gasteiger partial charge < -0.3 is 26.0 Å². The van der Waals surface area contributed by atoms with E-state index in [1.54, 1.807) is 25.7 Å². The lowest BCUT2D eigenvalue weighted by molar-refractivity contribution is -0.142. The van der Waals surface area contributed by atoms with Crippen LogP contribution in [0.3, 0.4) is 0 Å². The molecule has 0 heterocycles. The molecule has 4 N–H and O–H groups in total. The van der Waals surface area contributed by atoms with E-state index in [1.165, 1.54) is 0 Å². The van der Waals surface area contributed by atoms with Gasteiger partial charge in [-0.3, -0.25) is 14.4 Å². The molecule has 4 amide bonds. The number of unbranched alkanes of at least 4 members (excludes halogenated alkanes) is 3. The summed E-state index contributed by atoms with van der Waals surface area (Å²) in [5.41, 5.74) is 7.19. The molecule has 0 bridgehead atoms. The molecular weight excluding hydrogens is 484 g/mol. The molecule has 2 unspecified atom stereocenters. The Hall–Kier alpha value is -3.10. The van der Waals surface area contributed by atoms with Crippen LogP contribution in [0.1, 0.15) is 102 Å². The van der Waals surface area contributed by atoms with Crippen molar-refractivity contribution < 1.29 is 23.9 Å². The normalized spacial score (nSPS) is 12.8. The average Bonchev–Trinajstić information content (AvgIpc) is 2.81. The minimum Gasteiger partial charge on any atom is -0.444 e. The van der Waals surface area contributed by atoms with Crippen molar-refractivity contribution in [2.24, 2.45) is 5.73 Å². The highest BCUT2D eigenvalue weighted by Crippen LogP contribution is 2.28. The van der Waals surface area contributed by atoms with Crippen LogP contribution in [-0.2, 0) is 19.1 Å². The van der Waals surface area contributed by atoms with Gasteiger partial charge in [0.1, 0.15) is 17.7 Å². The zero-order valence-electron chi connectivity index (χ0n) is 24.3. The van der Waals surface area contributed by atoms with Crippen LogP contribution >= 0.6 is 0 Å². The topological polar surface area (TPSA) is 131 Å². The first-order chi connectivity index (χ1) is 17.8. The van der Waals surface area contributed by atoms with Crippen LogP contribution in [0.2, 0.25) is 0 Å². The smallest absolute Gasteiger partial charge is 0.408 e. The van der Waals surface area contributed by atoms with Crippen LogP contribution in [-0.4, -0.2) is 53.4 Å². The van der Waals surface area contributed by atoms with Gasteiger partial charge in [0.25, 0.3) is 0 Å². The number of rotatable bonds is 15. The number of hydrogen-bond acceptors (Lipinski definition) is 5. The van der Waals surface area contributed by atoms with Crippen molar-refractivity contribution in [2.75, 3.05) is 13.1 Å². The van der Waals surface area contributed by atoms with Crippen molar-refractivity contribution in [1.82, 2.24) is 15.5 Å². The predicted octanol–water partition coefficient (Wildman–Crippen LogP) is 4.44. The monoisotopic (exact) mass is 532 g/mol. The Morgan fingerprint density at radius 1 is 1.03 bits per heavy atom. The Balaban J connectivity index is 3.54. The molecule has 9 heteroatoms. The van der Waals surface area contributed by atoms with E-state index in [1.807, 2.05) is 39.0 Å². The van der Waals surface area contributed by atoms with E-state index in [2.05, 4.69) is 17.6 Å². The van der Waals surface area contributed by atoms with Crippen molar-refractivity contribution in [3.63, 3.8) is 0 Å². The summed E-state index contributed by atoms with van der Waals surface area (Å²) in [4.78, 5) is 53.6. The molecular formula is C29H48N4O5. The summed E-state index contributed by atoms with van der Waals surface area (Å²) in [5.74, 6) is -1.32. The average molecular weight is 533 g/mol. The number of nitrogens with two attached hydrogens (primary N) is 1. The maximum atomic E-state index is 14.1. The first kappa shape index (κ1) is 32.9. The Labute approximate surface area is 228 Å². The number of aryl methyl sites for hydroxylation is 2. The third-order valence-electron chi connectivity index (χ3n) is 6.07. The van der Waals surface area contributed by atoms with Gasteiger partial charge in [-0.05, 0) is 65.0 Å². The summed E-state index contributed by atoms with van der Waals surface area (Å²) >= 11 is 0. The molecule has 1 aromatic rings. The zero-order valence-corrected chi connectivity index (χ0v) is 24.3. The minimum atomic E-state index is -1.09. The van der Waals surface area contributed by atoms with Gasteiger partial charge in [-0.1, -0.05) is 56.9 Å². The zero-order chi connectivity index (χ0) is 28.9. The number of benzene rings is 1. The van der Waals surface area contributed by atoms with E-state index < -0.39 is 35.6 Å². The van der Waals surface area contributed by atoms with E-state index in [9.17, 15) is 19.2 Å². The van der Waals surface area contributed by atoms with E-state index in [0.717, 1.165) is 42.4 Å². The first-order valence-corrected chi connectivity index (χ1v) is 13.7. The molecule has 0 aliphatic carbocycles. The number of alkyl carbamates (subject to hydrolysis) is 1. The number of carbonyl (C=O) groups is 4. The molecule has 0 aromatic heterocycles. The molecule has 2 atom stereocenters. The van der Waals surface area contributed by atoms with Crippen LogP contribution in [0.15, 0.2) is 18.2 Å². The maximum Gasteiger partial charge on any atom is 0.408 e. The third-order valence-corrected chi connectivity index (χ3v) is 6.07. The highest BCUT2D eigenvalue weighted by Gasteiger charge is 2.36. The molecule has 0 saturated heterocycles. The summed E-state index contributed by atoms with van der Waals surface area (Å²) in [7, 11) is 0. The second-order valence-electron chi connectivity index (χ2n) is 10.8. The van der Waals surface area contributed by atoms with Gasteiger partial charge >= 0.3 is 6.09 Å². The summed E-state index contributed by atoms with van der Waals surface area (Å²) in [6.45, 7) is 13.9. The number of nitrogens with one attached hydrogen (secondary N) is 2. The van der Waals surface area contributed by atoms with Gasteiger partial charge in [-0.25, -0.2) is 4.79 Å². The van der Waals surface area contributed by atoms with Crippen molar-refractivity contribution in [3.8, 4) is 0 Å². The highest BCUT2D eigenvalue weighted by molar-refractivity contribution is 5.92. The quantitative estimate of drug-likeness (QED) is 0.288. The fraction of sp³-hybridized carbons (Fsp3) is 0.655. The van der Waals surface area contributed by atoms with E-state index in [4.69, 9.17) is 10.5 Å². The molecule has 1 rings (SSSR count). The van der Waals surface area contributed by atoms with Gasteiger partial charge in [-0.15, -0.1) is 0 Å². The summed E-state index contributed by atoms with van der Waals surface area (Å²) < 4.78 is 5.38. The summed E-state index contributed by atoms with van der Waals surface area (Å²) in [5, 5.41) is 5.63. The standard InChI is InChI=1S/C29H48N4O5/c1-8-10-12-18-33(27(36)23(15-16-24(30)34)32-28(37)38-29(5,6)7)25(26(35)31-17-11-9-2)22-19-20(3)13-14-21(22)4/h13-14,19,23,25H,8-12,15-18H2,1-7H3,(H2,30,34)(H,31,35)(H,32,37). The maximum absolute atomic E-state index is 14.1. The SMILES string of the molecule is CCCCCN(C(=O)C(CCC(N)=O)NC(=O)OC(C)(C)C)C(C(=O)NCCCC)c1cc(C)ccc1C. The number of primary amides is 1. The number of ether oxygens (including phenoxy) is 1. The third kappa shape index (κ3) is 11.5. The lowest BCUT2D eigenvalue weighted by atomic mass is 9.95. The molecule has 1 aromatic carbocycles. The molecule has 0 fully saturated rings. The Morgan fingerprint density at radius 2 is 1.68 bits per heavy atom. The highest BCUT2D eigenvalue weighted by atomic mass is 16.6. The van der Waals surface area contributed by atoms with Crippen LogP contribution in [0.4, 0.5) is 4.79 Å². The second kappa shape index (κ2) is 16.0. The molecule has 0 spiro atoms. The fourth-order valence-corrected chi connectivity index (χ4v) is 4.08. The first-order valence-electron chi connectivity index (χ1n) is 13.7. The van der Waals surface area contributed by atoms with Crippen molar-refractivity contribution in [2.45, 2.75) is 111 Å². The summed E-state index contributed by atoms with van der Waals surface area (Å²) in [6, 6.07) is 3.85. The number of amides is 4. The number of hydrogen-bond donors (Lipinski definition) is 3. The fourth-order valence-electron chi connectivity index (χ4n) is 4.08. The van der Waals surface area contributed by atoms with Crippen molar-refractivity contribution in [1.29, 1.82) is 0 Å². The van der Waals surface area contributed by atoms with E-state index in [0.29, 0.717) is 19.5 Å². The van der Waals surface area contributed by atoms with Crippen LogP contribution in [0.5, 0.6) is 0 Å². The van der Waals surface area contributed by atoms with Crippen molar-refractivity contribution >= 4 is 23.8 Å². The second-order valence-corrected chi connectivity index (χ2v) is 10.8. The molecule has 9 nitrogen and oxygen atoms in total. The van der Waals surface area contributed by atoms with E-state index in [-0.39, 0.29) is 18.7 Å². The van der Waals surface area contributed by atoms with Crippen LogP contribution in [0.25, 0.3) is 0 Å². The lowest BCUT2D eigenvalue weighted by Gasteiger charge is -2.35. The molecule has 38 heavy (non-hydrogen) atoms. The minimum absolute atomic E-state index is 0.00530. The Morgan fingerprint density at radius 3 is 2.26 bits per heavy atom. The summed E-state index contributed by atoms with van der Waals surface area (Å²) in [6.07, 6.45) is 3.33. The van der Waals surface area contributed by atoms with Gasteiger partial charge in [-0.2, -0.15) is 0 Å². The van der Waals surface area contributed by atoms with Gasteiger partial charge in [0.2, 0.25) is 17.7 Å². The molecule has 0 radical (unpaired) electrons. The largest absolute Gasteiger partial charge is 0.444 e. The van der Waals surface area contributed by atoms with Crippen LogP contribution < -0.4 is 16.4 Å². The molecule has 214 valence electrons. The lowest BCUT2D eigenvalue weighted by Crippen LogP contribution is -2.53.